The molecule has 0 aliphatic carbocycles. The minimum atomic E-state index is -1.02. The lowest BCUT2D eigenvalue weighted by molar-refractivity contribution is 0.0696. The molecule has 0 aliphatic heterocycles. The van der Waals surface area contributed by atoms with Crippen molar-refractivity contribution in [2.75, 3.05) is 5.32 Å². The Morgan fingerprint density at radius 3 is 2.40 bits per heavy atom. The number of rotatable bonds is 4. The summed E-state index contributed by atoms with van der Waals surface area (Å²) in [6, 6.07) is 14.7. The molecular formula is C19H14ClNO4. The second-order valence-corrected chi connectivity index (χ2v) is 5.87. The molecule has 1 amide bonds. The molecule has 1 heterocycles. The average molecular weight is 356 g/mol. The van der Waals surface area contributed by atoms with Crippen molar-refractivity contribution >= 4 is 29.2 Å². The molecule has 25 heavy (non-hydrogen) atoms. The standard InChI is InChI=1S/C19H14ClNO4/c1-11-2-3-13(10-15(11)20)16-8-9-17(25-16)18(22)21-14-6-4-12(5-7-14)19(23)24/h2-10H,1H3,(H,21,22)(H,23,24). The molecule has 0 saturated heterocycles. The highest BCUT2D eigenvalue weighted by Gasteiger charge is 2.13. The predicted molar refractivity (Wildman–Crippen MR) is 95.2 cm³/mol. The summed E-state index contributed by atoms with van der Waals surface area (Å²) in [7, 11) is 0. The predicted octanol–water partition coefficient (Wildman–Crippen LogP) is 4.86. The Morgan fingerprint density at radius 2 is 1.76 bits per heavy atom. The van der Waals surface area contributed by atoms with Gasteiger partial charge in [0.2, 0.25) is 0 Å². The summed E-state index contributed by atoms with van der Waals surface area (Å²) in [5, 5.41) is 12.2. The minimum Gasteiger partial charge on any atom is -0.478 e. The van der Waals surface area contributed by atoms with Gasteiger partial charge in [-0.05, 0) is 55.0 Å². The van der Waals surface area contributed by atoms with Crippen molar-refractivity contribution in [1.82, 2.24) is 0 Å². The van der Waals surface area contributed by atoms with Crippen molar-refractivity contribution in [3.8, 4) is 11.3 Å². The molecule has 0 aliphatic rings. The number of anilines is 1. The second kappa shape index (κ2) is 6.83. The lowest BCUT2D eigenvalue weighted by Crippen LogP contribution is -2.11. The number of carbonyl (C=O) groups is 2. The third kappa shape index (κ3) is 3.72. The van der Waals surface area contributed by atoms with Gasteiger partial charge in [0.25, 0.3) is 5.91 Å². The van der Waals surface area contributed by atoms with Crippen LogP contribution in [0.3, 0.4) is 0 Å². The Kier molecular flexibility index (Phi) is 4.59. The molecule has 0 bridgehead atoms. The van der Waals surface area contributed by atoms with Crippen LogP contribution in [-0.2, 0) is 0 Å². The van der Waals surface area contributed by atoms with Gasteiger partial charge in [0.15, 0.2) is 5.76 Å². The van der Waals surface area contributed by atoms with Crippen molar-refractivity contribution in [2.24, 2.45) is 0 Å². The first-order chi connectivity index (χ1) is 11.9. The van der Waals surface area contributed by atoms with E-state index in [9.17, 15) is 9.59 Å². The van der Waals surface area contributed by atoms with Gasteiger partial charge in [-0.2, -0.15) is 0 Å². The quantitative estimate of drug-likeness (QED) is 0.700. The van der Waals surface area contributed by atoms with E-state index in [2.05, 4.69) is 5.32 Å². The van der Waals surface area contributed by atoms with E-state index in [-0.39, 0.29) is 11.3 Å². The lowest BCUT2D eigenvalue weighted by Gasteiger charge is -2.04. The maximum Gasteiger partial charge on any atom is 0.335 e. The summed E-state index contributed by atoms with van der Waals surface area (Å²) in [5.41, 5.74) is 2.36. The van der Waals surface area contributed by atoms with E-state index in [1.54, 1.807) is 18.2 Å². The number of carboxylic acids is 1. The van der Waals surface area contributed by atoms with Crippen LogP contribution in [0.2, 0.25) is 5.02 Å². The van der Waals surface area contributed by atoms with Crippen LogP contribution < -0.4 is 5.32 Å². The number of amides is 1. The van der Waals surface area contributed by atoms with Gasteiger partial charge >= 0.3 is 5.97 Å². The number of aryl methyl sites for hydroxylation is 1. The highest BCUT2D eigenvalue weighted by molar-refractivity contribution is 6.31. The van der Waals surface area contributed by atoms with Crippen LogP contribution in [0, 0.1) is 6.92 Å². The molecule has 3 aromatic rings. The number of nitrogens with one attached hydrogen (secondary N) is 1. The molecule has 2 N–H and O–H groups in total. The van der Waals surface area contributed by atoms with Gasteiger partial charge in [-0.15, -0.1) is 0 Å². The van der Waals surface area contributed by atoms with Gasteiger partial charge < -0.3 is 14.8 Å². The molecular weight excluding hydrogens is 342 g/mol. The highest BCUT2D eigenvalue weighted by atomic mass is 35.5. The van der Waals surface area contributed by atoms with Crippen LogP contribution in [-0.4, -0.2) is 17.0 Å². The van der Waals surface area contributed by atoms with Gasteiger partial charge in [-0.1, -0.05) is 23.7 Å². The average Bonchev–Trinajstić information content (AvgIpc) is 3.08. The van der Waals surface area contributed by atoms with Crippen LogP contribution in [0.25, 0.3) is 11.3 Å². The number of furan rings is 1. The number of carboxylic acid groups (broad SMARTS) is 1. The van der Waals surface area contributed by atoms with Crippen molar-refractivity contribution in [3.05, 3.63) is 76.5 Å². The Hall–Kier alpha value is -3.05. The highest BCUT2D eigenvalue weighted by Crippen LogP contribution is 2.27. The second-order valence-electron chi connectivity index (χ2n) is 5.46. The zero-order valence-corrected chi connectivity index (χ0v) is 14.0. The van der Waals surface area contributed by atoms with E-state index in [1.807, 2.05) is 19.1 Å². The van der Waals surface area contributed by atoms with Crippen molar-refractivity contribution in [1.29, 1.82) is 0 Å². The van der Waals surface area contributed by atoms with E-state index in [1.165, 1.54) is 24.3 Å². The number of halogens is 1. The first kappa shape index (κ1) is 16.8. The number of aromatic carboxylic acids is 1. The zero-order chi connectivity index (χ0) is 18.0. The zero-order valence-electron chi connectivity index (χ0n) is 13.2. The van der Waals surface area contributed by atoms with Gasteiger partial charge in [0.1, 0.15) is 5.76 Å². The third-order valence-corrected chi connectivity index (χ3v) is 4.08. The van der Waals surface area contributed by atoms with Gasteiger partial charge in [-0.3, -0.25) is 4.79 Å². The molecule has 0 unspecified atom stereocenters. The van der Waals surface area contributed by atoms with Crippen LogP contribution >= 0.6 is 11.6 Å². The summed E-state index contributed by atoms with van der Waals surface area (Å²) in [6.07, 6.45) is 0. The first-order valence-corrected chi connectivity index (χ1v) is 7.83. The van der Waals surface area contributed by atoms with Gasteiger partial charge in [-0.25, -0.2) is 4.79 Å². The van der Waals surface area contributed by atoms with Crippen molar-refractivity contribution in [3.63, 3.8) is 0 Å². The lowest BCUT2D eigenvalue weighted by atomic mass is 10.1. The Morgan fingerprint density at radius 1 is 1.04 bits per heavy atom. The van der Waals surface area contributed by atoms with Crippen molar-refractivity contribution in [2.45, 2.75) is 6.92 Å². The monoisotopic (exact) mass is 355 g/mol. The van der Waals surface area contributed by atoms with E-state index >= 15 is 0 Å². The summed E-state index contributed by atoms with van der Waals surface area (Å²) in [5.74, 6) is -0.764. The third-order valence-electron chi connectivity index (χ3n) is 3.68. The molecule has 6 heteroatoms. The fourth-order valence-electron chi connectivity index (χ4n) is 2.25. The van der Waals surface area contributed by atoms with Crippen LogP contribution in [0.4, 0.5) is 5.69 Å². The normalized spacial score (nSPS) is 10.5. The summed E-state index contributed by atoms with van der Waals surface area (Å²) in [6.45, 7) is 1.91. The fourth-order valence-corrected chi connectivity index (χ4v) is 2.43. The molecule has 3 rings (SSSR count). The Balaban J connectivity index is 1.76. The van der Waals surface area contributed by atoms with Crippen LogP contribution in [0.1, 0.15) is 26.5 Å². The molecule has 0 radical (unpaired) electrons. The molecule has 126 valence electrons. The number of carbonyl (C=O) groups excluding carboxylic acids is 1. The maximum absolute atomic E-state index is 12.3. The Labute approximate surface area is 148 Å². The Bertz CT molecular complexity index is 944. The SMILES string of the molecule is Cc1ccc(-c2ccc(C(=O)Nc3ccc(C(=O)O)cc3)o2)cc1Cl. The molecule has 2 aromatic carbocycles. The smallest absolute Gasteiger partial charge is 0.335 e. The van der Waals surface area contributed by atoms with E-state index in [0.717, 1.165) is 11.1 Å². The van der Waals surface area contributed by atoms with Crippen LogP contribution in [0.5, 0.6) is 0 Å². The molecule has 0 fully saturated rings. The van der Waals surface area contributed by atoms with E-state index < -0.39 is 11.9 Å². The van der Waals surface area contributed by atoms with E-state index in [4.69, 9.17) is 21.1 Å². The largest absolute Gasteiger partial charge is 0.478 e. The summed E-state index contributed by atoms with van der Waals surface area (Å²) >= 11 is 6.11. The maximum atomic E-state index is 12.3. The molecule has 0 saturated carbocycles. The molecule has 5 nitrogen and oxygen atoms in total. The minimum absolute atomic E-state index is 0.147. The van der Waals surface area contributed by atoms with Crippen LogP contribution in [0.15, 0.2) is 59.0 Å². The summed E-state index contributed by atoms with van der Waals surface area (Å²) in [4.78, 5) is 23.1. The first-order valence-electron chi connectivity index (χ1n) is 7.45. The fraction of sp³-hybridized carbons (Fsp3) is 0.0526. The van der Waals surface area contributed by atoms with Gasteiger partial charge in [0, 0.05) is 16.3 Å². The molecule has 1 aromatic heterocycles. The van der Waals surface area contributed by atoms with E-state index in [0.29, 0.717) is 16.5 Å². The van der Waals surface area contributed by atoms with Crippen molar-refractivity contribution < 1.29 is 19.1 Å². The molecule has 0 atom stereocenters. The molecule has 0 spiro atoms. The number of benzene rings is 2. The topological polar surface area (TPSA) is 79.5 Å². The van der Waals surface area contributed by atoms with Gasteiger partial charge in [0.05, 0.1) is 5.56 Å². The summed E-state index contributed by atoms with van der Waals surface area (Å²) < 4.78 is 5.60. The number of hydrogen-bond acceptors (Lipinski definition) is 3. The number of hydrogen-bond donors (Lipinski definition) is 2.